The van der Waals surface area contributed by atoms with Crippen LogP contribution < -0.4 is 5.32 Å². The summed E-state index contributed by atoms with van der Waals surface area (Å²) in [6, 6.07) is 19.6. The quantitative estimate of drug-likeness (QED) is 0.753. The van der Waals surface area contributed by atoms with Gasteiger partial charge in [-0.05, 0) is 30.2 Å². The molecule has 1 amide bonds. The Bertz CT molecular complexity index is 794. The summed E-state index contributed by atoms with van der Waals surface area (Å²) in [6.45, 7) is 2.13. The summed E-state index contributed by atoms with van der Waals surface area (Å²) < 4.78 is 0. The van der Waals surface area contributed by atoms with E-state index in [1.165, 1.54) is 0 Å². The van der Waals surface area contributed by atoms with Crippen LogP contribution in [0.3, 0.4) is 0 Å². The highest BCUT2D eigenvalue weighted by atomic mass is 16.1. The fourth-order valence-corrected chi connectivity index (χ4v) is 2.83. The predicted molar refractivity (Wildman–Crippen MR) is 93.3 cm³/mol. The first-order valence-corrected chi connectivity index (χ1v) is 7.99. The van der Waals surface area contributed by atoms with Gasteiger partial charge in [-0.1, -0.05) is 55.8 Å². The molecule has 1 atom stereocenters. The monoisotopic (exact) mass is 304 g/mol. The van der Waals surface area contributed by atoms with Gasteiger partial charge in [-0.25, -0.2) is 0 Å². The Morgan fingerprint density at radius 1 is 1.04 bits per heavy atom. The average Bonchev–Trinajstić information content (AvgIpc) is 2.61. The van der Waals surface area contributed by atoms with Gasteiger partial charge >= 0.3 is 0 Å². The van der Waals surface area contributed by atoms with E-state index in [0.717, 1.165) is 29.3 Å². The number of nitrogens with zero attached hydrogens (tertiary/aromatic N) is 1. The van der Waals surface area contributed by atoms with Crippen molar-refractivity contribution in [1.82, 2.24) is 10.3 Å². The van der Waals surface area contributed by atoms with Crippen molar-refractivity contribution < 1.29 is 4.79 Å². The minimum absolute atomic E-state index is 0.0284. The molecule has 0 spiro atoms. The predicted octanol–water partition coefficient (Wildman–Crippen LogP) is 4.51. The van der Waals surface area contributed by atoms with Crippen LogP contribution in [-0.2, 0) is 0 Å². The van der Waals surface area contributed by atoms with E-state index in [2.05, 4.69) is 29.4 Å². The second kappa shape index (κ2) is 7.05. The largest absolute Gasteiger partial charge is 0.345 e. The highest BCUT2D eigenvalue weighted by Crippen LogP contribution is 2.21. The van der Waals surface area contributed by atoms with Crippen molar-refractivity contribution in [1.29, 1.82) is 0 Å². The molecule has 1 unspecified atom stereocenters. The van der Waals surface area contributed by atoms with Gasteiger partial charge in [0.05, 0.1) is 11.6 Å². The molecule has 3 aromatic rings. The SMILES string of the molecule is CCCC(NC(=O)c1cccc2ncccc12)c1ccccc1. The normalized spacial score (nSPS) is 12.0. The van der Waals surface area contributed by atoms with Crippen molar-refractivity contribution >= 4 is 16.8 Å². The van der Waals surface area contributed by atoms with E-state index in [1.807, 2.05) is 48.5 Å². The Hall–Kier alpha value is -2.68. The first-order chi connectivity index (χ1) is 11.3. The third-order valence-corrected chi connectivity index (χ3v) is 3.97. The number of rotatable bonds is 5. The summed E-state index contributed by atoms with van der Waals surface area (Å²) in [6.07, 6.45) is 3.67. The third kappa shape index (κ3) is 3.39. The minimum atomic E-state index is -0.0501. The van der Waals surface area contributed by atoms with Gasteiger partial charge in [0.25, 0.3) is 5.91 Å². The molecule has 0 aliphatic rings. The van der Waals surface area contributed by atoms with Crippen molar-refractivity contribution in [2.24, 2.45) is 0 Å². The number of fused-ring (bicyclic) bond motifs is 1. The van der Waals surface area contributed by atoms with Crippen LogP contribution in [-0.4, -0.2) is 10.9 Å². The van der Waals surface area contributed by atoms with Crippen LogP contribution in [0.4, 0.5) is 0 Å². The number of hydrogen-bond acceptors (Lipinski definition) is 2. The number of pyridine rings is 1. The first kappa shape index (κ1) is 15.2. The summed E-state index contributed by atoms with van der Waals surface area (Å²) >= 11 is 0. The Kier molecular flexibility index (Phi) is 4.67. The van der Waals surface area contributed by atoms with Crippen molar-refractivity contribution in [3.8, 4) is 0 Å². The maximum atomic E-state index is 12.8. The van der Waals surface area contributed by atoms with Gasteiger partial charge in [0.1, 0.15) is 0 Å². The lowest BCUT2D eigenvalue weighted by molar-refractivity contribution is 0.0936. The Morgan fingerprint density at radius 3 is 2.65 bits per heavy atom. The number of carbonyl (C=O) groups is 1. The molecule has 1 aromatic heterocycles. The highest BCUT2D eigenvalue weighted by Gasteiger charge is 2.16. The van der Waals surface area contributed by atoms with Crippen LogP contribution in [0.5, 0.6) is 0 Å². The van der Waals surface area contributed by atoms with Gasteiger partial charge in [0.2, 0.25) is 0 Å². The zero-order valence-corrected chi connectivity index (χ0v) is 13.2. The number of amides is 1. The molecule has 23 heavy (non-hydrogen) atoms. The minimum Gasteiger partial charge on any atom is -0.345 e. The summed E-state index contributed by atoms with van der Waals surface area (Å²) in [5.74, 6) is -0.0501. The van der Waals surface area contributed by atoms with Crippen molar-refractivity contribution in [2.45, 2.75) is 25.8 Å². The van der Waals surface area contributed by atoms with Crippen LogP contribution in [0, 0.1) is 0 Å². The average molecular weight is 304 g/mol. The van der Waals surface area contributed by atoms with Crippen LogP contribution >= 0.6 is 0 Å². The molecule has 0 saturated carbocycles. The molecular weight excluding hydrogens is 284 g/mol. The lowest BCUT2D eigenvalue weighted by Gasteiger charge is -2.19. The Labute approximate surface area is 136 Å². The standard InChI is InChI=1S/C20H20N2O/c1-2-8-18(15-9-4-3-5-10-15)22-20(23)17-11-6-13-19-16(17)12-7-14-21-19/h3-7,9-14,18H,2,8H2,1H3,(H,22,23). The molecule has 1 N–H and O–H groups in total. The topological polar surface area (TPSA) is 42.0 Å². The van der Waals surface area contributed by atoms with Crippen molar-refractivity contribution in [2.75, 3.05) is 0 Å². The van der Waals surface area contributed by atoms with Crippen molar-refractivity contribution in [3.05, 3.63) is 78.0 Å². The number of hydrogen-bond donors (Lipinski definition) is 1. The van der Waals surface area contributed by atoms with E-state index >= 15 is 0 Å². The Morgan fingerprint density at radius 2 is 1.87 bits per heavy atom. The molecule has 0 aliphatic heterocycles. The van der Waals surface area contributed by atoms with E-state index < -0.39 is 0 Å². The van der Waals surface area contributed by atoms with E-state index in [4.69, 9.17) is 0 Å². The lowest BCUT2D eigenvalue weighted by Crippen LogP contribution is -2.28. The molecular formula is C20H20N2O. The summed E-state index contributed by atoms with van der Waals surface area (Å²) in [5, 5.41) is 4.06. The molecule has 0 saturated heterocycles. The molecule has 0 fully saturated rings. The van der Waals surface area contributed by atoms with E-state index in [9.17, 15) is 4.79 Å². The number of benzene rings is 2. The fourth-order valence-electron chi connectivity index (χ4n) is 2.83. The van der Waals surface area contributed by atoms with Gasteiger partial charge < -0.3 is 5.32 Å². The zero-order chi connectivity index (χ0) is 16.1. The highest BCUT2D eigenvalue weighted by molar-refractivity contribution is 6.06. The fraction of sp³-hybridized carbons (Fsp3) is 0.200. The maximum Gasteiger partial charge on any atom is 0.252 e. The number of nitrogens with one attached hydrogen (secondary N) is 1. The van der Waals surface area contributed by atoms with Gasteiger partial charge in [-0.3, -0.25) is 9.78 Å². The zero-order valence-electron chi connectivity index (χ0n) is 13.2. The van der Waals surface area contributed by atoms with Crippen molar-refractivity contribution in [3.63, 3.8) is 0 Å². The van der Waals surface area contributed by atoms with E-state index in [0.29, 0.717) is 5.56 Å². The van der Waals surface area contributed by atoms with Crippen LogP contribution in [0.15, 0.2) is 66.9 Å². The smallest absolute Gasteiger partial charge is 0.252 e. The van der Waals surface area contributed by atoms with Gasteiger partial charge in [-0.2, -0.15) is 0 Å². The van der Waals surface area contributed by atoms with Gasteiger partial charge in [0.15, 0.2) is 0 Å². The Balaban J connectivity index is 1.89. The van der Waals surface area contributed by atoms with Gasteiger partial charge in [-0.15, -0.1) is 0 Å². The number of carbonyl (C=O) groups excluding carboxylic acids is 1. The molecule has 0 aliphatic carbocycles. The maximum absolute atomic E-state index is 12.8. The molecule has 2 aromatic carbocycles. The summed E-state index contributed by atoms with van der Waals surface area (Å²) in [7, 11) is 0. The third-order valence-electron chi connectivity index (χ3n) is 3.97. The van der Waals surface area contributed by atoms with Crippen LogP contribution in [0.25, 0.3) is 10.9 Å². The molecule has 3 heteroatoms. The molecule has 116 valence electrons. The molecule has 0 radical (unpaired) electrons. The number of aromatic nitrogens is 1. The molecule has 1 heterocycles. The summed E-state index contributed by atoms with van der Waals surface area (Å²) in [5.41, 5.74) is 2.65. The van der Waals surface area contributed by atoms with E-state index in [-0.39, 0.29) is 11.9 Å². The van der Waals surface area contributed by atoms with Gasteiger partial charge in [0, 0.05) is 17.1 Å². The molecule has 3 rings (SSSR count). The summed E-state index contributed by atoms with van der Waals surface area (Å²) in [4.78, 5) is 17.1. The van der Waals surface area contributed by atoms with E-state index in [1.54, 1.807) is 6.20 Å². The van der Waals surface area contributed by atoms with Crippen LogP contribution in [0.2, 0.25) is 0 Å². The molecule has 0 bridgehead atoms. The first-order valence-electron chi connectivity index (χ1n) is 7.99. The molecule has 3 nitrogen and oxygen atoms in total. The van der Waals surface area contributed by atoms with Crippen LogP contribution in [0.1, 0.15) is 41.7 Å². The lowest BCUT2D eigenvalue weighted by atomic mass is 10.0. The second-order valence-electron chi connectivity index (χ2n) is 5.60. The second-order valence-corrected chi connectivity index (χ2v) is 5.60.